The average Bonchev–Trinajstić information content (AvgIpc) is 3.06. The summed E-state index contributed by atoms with van der Waals surface area (Å²) in [6, 6.07) is 3.32. The number of aliphatic hydroxyl groups is 4. The summed E-state index contributed by atoms with van der Waals surface area (Å²) in [6.45, 7) is 1.64. The summed E-state index contributed by atoms with van der Waals surface area (Å²) < 4.78 is 5.19. The summed E-state index contributed by atoms with van der Waals surface area (Å²) in [7, 11) is 0. The lowest BCUT2D eigenvalue weighted by atomic mass is 9.92. The van der Waals surface area contributed by atoms with Crippen LogP contribution in [0.3, 0.4) is 0 Å². The van der Waals surface area contributed by atoms with Crippen molar-refractivity contribution in [1.82, 2.24) is 10.3 Å². The van der Waals surface area contributed by atoms with Gasteiger partial charge in [0.1, 0.15) is 5.69 Å². The first-order valence-corrected chi connectivity index (χ1v) is 9.77. The maximum absolute atomic E-state index is 12.4. The normalized spacial score (nSPS) is 11.1. The zero-order valence-electron chi connectivity index (χ0n) is 16.3. The molecule has 160 valence electrons. The van der Waals surface area contributed by atoms with Gasteiger partial charge in [-0.15, -0.1) is 0 Å². The van der Waals surface area contributed by atoms with Crippen molar-refractivity contribution in [3.63, 3.8) is 0 Å². The van der Waals surface area contributed by atoms with Gasteiger partial charge >= 0.3 is 5.97 Å². The topological polar surface area (TPSA) is 135 Å². The maximum atomic E-state index is 12.4. The molecule has 9 heteroatoms. The van der Waals surface area contributed by atoms with Crippen LogP contribution in [0.5, 0.6) is 0 Å². The fourth-order valence-electron chi connectivity index (χ4n) is 3.14. The predicted octanol–water partition coefficient (Wildman–Crippen LogP) is 1.46. The molecule has 1 aromatic heterocycles. The van der Waals surface area contributed by atoms with Gasteiger partial charge in [0.2, 0.25) is 0 Å². The van der Waals surface area contributed by atoms with Crippen LogP contribution >= 0.6 is 11.6 Å². The van der Waals surface area contributed by atoms with Crippen LogP contribution in [-0.4, -0.2) is 51.1 Å². The van der Waals surface area contributed by atoms with Gasteiger partial charge in [-0.2, -0.15) is 0 Å². The van der Waals surface area contributed by atoms with Crippen LogP contribution in [0.25, 0.3) is 11.1 Å². The Balaban J connectivity index is 2.63. The Morgan fingerprint density at radius 1 is 1.14 bits per heavy atom. The van der Waals surface area contributed by atoms with E-state index >= 15 is 0 Å². The molecule has 0 spiro atoms. The van der Waals surface area contributed by atoms with Gasteiger partial charge in [-0.25, -0.2) is 4.79 Å². The maximum Gasteiger partial charge on any atom is 0.356 e. The van der Waals surface area contributed by atoms with Gasteiger partial charge in [0, 0.05) is 24.3 Å². The highest BCUT2D eigenvalue weighted by molar-refractivity contribution is 6.36. The van der Waals surface area contributed by atoms with Gasteiger partial charge in [0.05, 0.1) is 38.1 Å². The number of benzene rings is 1. The minimum absolute atomic E-state index is 0.0586. The molecule has 0 unspecified atom stereocenters. The molecular weight excluding hydrogens is 400 g/mol. The first-order valence-electron chi connectivity index (χ1n) is 9.39. The summed E-state index contributed by atoms with van der Waals surface area (Å²) >= 11 is 6.55. The number of esters is 1. The lowest BCUT2D eigenvalue weighted by Crippen LogP contribution is -2.18. The predicted molar refractivity (Wildman–Crippen MR) is 108 cm³/mol. The molecular formula is C20H27ClN2O6. The van der Waals surface area contributed by atoms with Crippen LogP contribution in [0.15, 0.2) is 12.1 Å². The van der Waals surface area contributed by atoms with Crippen molar-refractivity contribution in [3.8, 4) is 11.1 Å². The first kappa shape index (κ1) is 23.3. The zero-order chi connectivity index (χ0) is 21.4. The number of aromatic amines is 1. The van der Waals surface area contributed by atoms with E-state index in [-0.39, 0.29) is 50.3 Å². The fourth-order valence-corrected chi connectivity index (χ4v) is 3.48. The number of aliphatic hydroxyl groups excluding tert-OH is 4. The zero-order valence-corrected chi connectivity index (χ0v) is 17.1. The molecule has 2 aromatic rings. The van der Waals surface area contributed by atoms with E-state index in [1.54, 1.807) is 12.1 Å². The third-order valence-corrected chi connectivity index (χ3v) is 4.91. The second-order valence-corrected chi connectivity index (χ2v) is 6.79. The Morgan fingerprint density at radius 3 is 2.45 bits per heavy atom. The van der Waals surface area contributed by atoms with Crippen molar-refractivity contribution >= 4 is 17.6 Å². The summed E-state index contributed by atoms with van der Waals surface area (Å²) in [6.07, 6.45) is 0.666. The van der Waals surface area contributed by atoms with Crippen molar-refractivity contribution in [2.24, 2.45) is 0 Å². The van der Waals surface area contributed by atoms with E-state index in [9.17, 15) is 20.1 Å². The SMILES string of the molecule is CCCOC(=O)c1[nH]c(CNCCO)c(-c2ccc(CO)c(CO)c2CO)c1Cl. The van der Waals surface area contributed by atoms with E-state index in [1.165, 1.54) is 0 Å². The first-order chi connectivity index (χ1) is 14.0. The molecule has 1 aromatic carbocycles. The molecule has 0 bridgehead atoms. The molecule has 0 saturated heterocycles. The van der Waals surface area contributed by atoms with Crippen molar-refractivity contribution in [1.29, 1.82) is 0 Å². The van der Waals surface area contributed by atoms with E-state index in [4.69, 9.17) is 21.4 Å². The van der Waals surface area contributed by atoms with Crippen molar-refractivity contribution in [2.45, 2.75) is 39.7 Å². The molecule has 1 heterocycles. The smallest absolute Gasteiger partial charge is 0.356 e. The number of halogens is 1. The molecule has 6 N–H and O–H groups in total. The lowest BCUT2D eigenvalue weighted by Gasteiger charge is -2.16. The Kier molecular flexibility index (Phi) is 9.09. The number of hydrogen-bond donors (Lipinski definition) is 6. The Labute approximate surface area is 174 Å². The second-order valence-electron chi connectivity index (χ2n) is 6.41. The lowest BCUT2D eigenvalue weighted by molar-refractivity contribution is 0.0499. The van der Waals surface area contributed by atoms with Gasteiger partial charge in [0.25, 0.3) is 0 Å². The van der Waals surface area contributed by atoms with E-state index in [2.05, 4.69) is 10.3 Å². The summed E-state index contributed by atoms with van der Waals surface area (Å²) in [5, 5.41) is 41.4. The molecule has 0 fully saturated rings. The minimum atomic E-state index is -0.591. The van der Waals surface area contributed by atoms with Gasteiger partial charge < -0.3 is 35.5 Å². The van der Waals surface area contributed by atoms with E-state index in [0.29, 0.717) is 46.5 Å². The Morgan fingerprint density at radius 2 is 1.86 bits per heavy atom. The number of H-pyrrole nitrogens is 1. The molecule has 0 radical (unpaired) electrons. The molecule has 0 amide bonds. The summed E-state index contributed by atoms with van der Waals surface area (Å²) in [4.78, 5) is 15.4. The quantitative estimate of drug-likeness (QED) is 0.236. The number of carbonyl (C=O) groups is 1. The van der Waals surface area contributed by atoms with Gasteiger partial charge in [0.15, 0.2) is 0 Å². The standard InChI is InChI=1S/C20H27ClN2O6/c1-2-7-29-20(28)19-18(21)17(16(23-19)8-22-5-6-24)13-4-3-12(9-25)14(10-26)15(13)11-27/h3-4,22-27H,2,5-11H2,1H3. The van der Waals surface area contributed by atoms with E-state index < -0.39 is 5.97 Å². The molecule has 0 saturated carbocycles. The third kappa shape index (κ3) is 5.16. The number of ether oxygens (including phenoxy) is 1. The average molecular weight is 427 g/mol. The molecule has 0 atom stereocenters. The fraction of sp³-hybridized carbons (Fsp3) is 0.450. The number of rotatable bonds is 11. The van der Waals surface area contributed by atoms with Gasteiger partial charge in [-0.3, -0.25) is 0 Å². The second kappa shape index (κ2) is 11.3. The number of nitrogens with one attached hydrogen (secondary N) is 2. The molecule has 0 aliphatic carbocycles. The highest BCUT2D eigenvalue weighted by atomic mass is 35.5. The van der Waals surface area contributed by atoms with Crippen LogP contribution in [-0.2, 0) is 31.1 Å². The van der Waals surface area contributed by atoms with Crippen LogP contribution in [0.2, 0.25) is 5.02 Å². The highest BCUT2D eigenvalue weighted by Crippen LogP contribution is 2.38. The van der Waals surface area contributed by atoms with Crippen LogP contribution in [0.1, 0.15) is 46.2 Å². The van der Waals surface area contributed by atoms with Crippen molar-refractivity contribution in [3.05, 3.63) is 45.2 Å². The molecule has 2 rings (SSSR count). The summed E-state index contributed by atoms with van der Waals surface area (Å²) in [5.41, 5.74) is 3.01. The monoisotopic (exact) mass is 426 g/mol. The largest absolute Gasteiger partial charge is 0.461 e. The van der Waals surface area contributed by atoms with Crippen LogP contribution in [0.4, 0.5) is 0 Å². The number of hydrogen-bond acceptors (Lipinski definition) is 7. The number of carbonyl (C=O) groups excluding carboxylic acids is 1. The number of aromatic nitrogens is 1. The van der Waals surface area contributed by atoms with Crippen LogP contribution < -0.4 is 5.32 Å². The van der Waals surface area contributed by atoms with E-state index in [0.717, 1.165) is 0 Å². The Bertz CT molecular complexity index is 837. The Hall–Kier alpha value is -1.94. The minimum Gasteiger partial charge on any atom is -0.461 e. The molecule has 29 heavy (non-hydrogen) atoms. The van der Waals surface area contributed by atoms with E-state index in [1.807, 2.05) is 6.92 Å². The third-order valence-electron chi connectivity index (χ3n) is 4.53. The van der Waals surface area contributed by atoms with Gasteiger partial charge in [-0.1, -0.05) is 30.7 Å². The molecule has 8 nitrogen and oxygen atoms in total. The van der Waals surface area contributed by atoms with Crippen molar-refractivity contribution < 1.29 is 30.0 Å². The van der Waals surface area contributed by atoms with Crippen LogP contribution in [0, 0.1) is 0 Å². The summed E-state index contributed by atoms with van der Waals surface area (Å²) in [5.74, 6) is -0.591. The highest BCUT2D eigenvalue weighted by Gasteiger charge is 2.25. The van der Waals surface area contributed by atoms with Crippen molar-refractivity contribution in [2.75, 3.05) is 19.8 Å². The molecule has 0 aliphatic heterocycles. The molecule has 0 aliphatic rings. The van der Waals surface area contributed by atoms with Gasteiger partial charge in [-0.05, 0) is 28.7 Å².